The van der Waals surface area contributed by atoms with E-state index in [0.717, 1.165) is 27.6 Å². The molecule has 2 heterocycles. The van der Waals surface area contributed by atoms with Crippen molar-refractivity contribution in [1.29, 1.82) is 0 Å². The van der Waals surface area contributed by atoms with Crippen LogP contribution in [-0.2, 0) is 20.9 Å². The average molecular weight is 540 g/mol. The Morgan fingerprint density at radius 3 is 2.33 bits per heavy atom. The lowest BCUT2D eigenvalue weighted by molar-refractivity contribution is -0.384. The van der Waals surface area contributed by atoms with E-state index in [9.17, 15) is 19.7 Å². The predicted molar refractivity (Wildman–Crippen MR) is 153 cm³/mol. The Hall–Kier alpha value is -4.46. The largest absolute Gasteiger partial charge is 0.466 e. The minimum absolute atomic E-state index is 0.00514. The second kappa shape index (κ2) is 12.2. The SMILES string of the molecule is CCOC(=O)C1CCN(C(=O)C[C@@H](c2ccccc2)c2cn(Cc3ccccc3)c3ccc([N+](=O)[O-])cc23)CC1. The van der Waals surface area contributed by atoms with Crippen molar-refractivity contribution in [2.45, 2.75) is 38.6 Å². The summed E-state index contributed by atoms with van der Waals surface area (Å²) in [7, 11) is 0. The molecule has 1 aliphatic rings. The van der Waals surface area contributed by atoms with Gasteiger partial charge < -0.3 is 14.2 Å². The molecule has 8 heteroatoms. The van der Waals surface area contributed by atoms with Gasteiger partial charge in [0.2, 0.25) is 5.91 Å². The van der Waals surface area contributed by atoms with Crippen LogP contribution in [0, 0.1) is 16.0 Å². The number of nitrogens with zero attached hydrogens (tertiary/aromatic N) is 3. The maximum Gasteiger partial charge on any atom is 0.309 e. The third kappa shape index (κ3) is 5.91. The molecule has 0 radical (unpaired) electrons. The molecule has 1 atom stereocenters. The van der Waals surface area contributed by atoms with Crippen LogP contribution in [0.3, 0.4) is 0 Å². The van der Waals surface area contributed by atoms with Gasteiger partial charge in [0.05, 0.1) is 17.4 Å². The van der Waals surface area contributed by atoms with Crippen molar-refractivity contribution in [3.05, 3.63) is 112 Å². The van der Waals surface area contributed by atoms with Gasteiger partial charge in [0.1, 0.15) is 0 Å². The molecule has 0 N–H and O–H groups in total. The highest BCUT2D eigenvalue weighted by Crippen LogP contribution is 2.37. The molecule has 206 valence electrons. The highest BCUT2D eigenvalue weighted by molar-refractivity contribution is 5.88. The van der Waals surface area contributed by atoms with Crippen molar-refractivity contribution in [2.24, 2.45) is 5.92 Å². The lowest BCUT2D eigenvalue weighted by Gasteiger charge is -2.32. The maximum atomic E-state index is 13.7. The zero-order chi connectivity index (χ0) is 28.1. The second-order valence-electron chi connectivity index (χ2n) is 10.2. The van der Waals surface area contributed by atoms with Crippen LogP contribution in [0.4, 0.5) is 5.69 Å². The highest BCUT2D eigenvalue weighted by Gasteiger charge is 2.31. The average Bonchev–Trinajstić information content (AvgIpc) is 3.34. The van der Waals surface area contributed by atoms with E-state index in [4.69, 9.17) is 4.74 Å². The fraction of sp³-hybridized carbons (Fsp3) is 0.312. The molecule has 5 rings (SSSR count). The molecule has 4 aromatic rings. The number of likely N-dealkylation sites (tertiary alicyclic amines) is 1. The van der Waals surface area contributed by atoms with Crippen LogP contribution in [0.15, 0.2) is 85.1 Å². The summed E-state index contributed by atoms with van der Waals surface area (Å²) in [5.74, 6) is -0.654. The Bertz CT molecular complexity index is 1490. The first-order valence-corrected chi connectivity index (χ1v) is 13.7. The number of amides is 1. The number of fused-ring (bicyclic) bond motifs is 1. The Kier molecular flexibility index (Phi) is 8.24. The topological polar surface area (TPSA) is 94.7 Å². The predicted octanol–water partition coefficient (Wildman–Crippen LogP) is 5.92. The normalized spacial score (nSPS) is 14.7. The third-order valence-corrected chi connectivity index (χ3v) is 7.73. The van der Waals surface area contributed by atoms with Crippen molar-refractivity contribution in [2.75, 3.05) is 19.7 Å². The molecule has 3 aromatic carbocycles. The number of ether oxygens (including phenoxy) is 1. The number of nitro benzene ring substituents is 1. The summed E-state index contributed by atoms with van der Waals surface area (Å²) >= 11 is 0. The van der Waals surface area contributed by atoms with E-state index in [1.807, 2.05) is 59.6 Å². The summed E-state index contributed by atoms with van der Waals surface area (Å²) in [4.78, 5) is 39.0. The van der Waals surface area contributed by atoms with Gasteiger partial charge in [-0.1, -0.05) is 60.7 Å². The Balaban J connectivity index is 1.49. The molecule has 0 aliphatic carbocycles. The molecule has 1 amide bonds. The number of piperidine rings is 1. The highest BCUT2D eigenvalue weighted by atomic mass is 16.6. The van der Waals surface area contributed by atoms with E-state index in [-0.39, 0.29) is 40.7 Å². The number of carbonyl (C=O) groups is 2. The smallest absolute Gasteiger partial charge is 0.309 e. The first-order valence-electron chi connectivity index (χ1n) is 13.7. The number of hydrogen-bond donors (Lipinski definition) is 0. The van der Waals surface area contributed by atoms with Crippen LogP contribution in [0.1, 0.15) is 48.8 Å². The summed E-state index contributed by atoms with van der Waals surface area (Å²) in [6.07, 6.45) is 3.44. The lowest BCUT2D eigenvalue weighted by Crippen LogP contribution is -2.41. The first-order chi connectivity index (χ1) is 19.4. The molecule has 1 aromatic heterocycles. The minimum Gasteiger partial charge on any atom is -0.466 e. The van der Waals surface area contributed by atoms with Crippen molar-refractivity contribution >= 4 is 28.5 Å². The van der Waals surface area contributed by atoms with Crippen LogP contribution in [0.2, 0.25) is 0 Å². The van der Waals surface area contributed by atoms with Gasteiger partial charge in [-0.2, -0.15) is 0 Å². The van der Waals surface area contributed by atoms with Gasteiger partial charge in [-0.15, -0.1) is 0 Å². The Morgan fingerprint density at radius 2 is 1.68 bits per heavy atom. The first kappa shape index (κ1) is 27.1. The molecule has 1 saturated heterocycles. The van der Waals surface area contributed by atoms with Gasteiger partial charge in [-0.25, -0.2) is 0 Å². The van der Waals surface area contributed by atoms with E-state index >= 15 is 0 Å². The van der Waals surface area contributed by atoms with Gasteiger partial charge in [0.25, 0.3) is 5.69 Å². The van der Waals surface area contributed by atoms with Crippen LogP contribution in [0.5, 0.6) is 0 Å². The number of nitro groups is 1. The number of rotatable bonds is 9. The van der Waals surface area contributed by atoms with E-state index in [2.05, 4.69) is 16.7 Å². The molecule has 0 spiro atoms. The number of non-ortho nitro benzene ring substituents is 1. The summed E-state index contributed by atoms with van der Waals surface area (Å²) in [6, 6.07) is 24.8. The molecule has 40 heavy (non-hydrogen) atoms. The second-order valence-corrected chi connectivity index (χ2v) is 10.2. The monoisotopic (exact) mass is 539 g/mol. The van der Waals surface area contributed by atoms with Crippen LogP contribution in [-0.4, -0.2) is 46.0 Å². The summed E-state index contributed by atoms with van der Waals surface area (Å²) in [6.45, 7) is 3.76. The van der Waals surface area contributed by atoms with Gasteiger partial charge in [0, 0.05) is 61.2 Å². The van der Waals surface area contributed by atoms with Crippen LogP contribution < -0.4 is 0 Å². The number of carbonyl (C=O) groups excluding carboxylic acids is 2. The quantitative estimate of drug-likeness (QED) is 0.149. The molecule has 1 aliphatic heterocycles. The van der Waals surface area contributed by atoms with Crippen molar-refractivity contribution < 1.29 is 19.2 Å². The molecule has 0 unspecified atom stereocenters. The molecule has 8 nitrogen and oxygen atoms in total. The Labute approximate surface area is 233 Å². The summed E-state index contributed by atoms with van der Waals surface area (Å²) in [5, 5.41) is 12.5. The Morgan fingerprint density at radius 1 is 1.00 bits per heavy atom. The standard InChI is InChI=1S/C32H33N3O5/c1-2-40-32(37)25-15-17-33(18-16-25)31(36)20-27(24-11-7-4-8-12-24)29-22-34(21-23-9-5-3-6-10-23)30-14-13-26(35(38)39)19-28(29)30/h3-14,19,22,25,27H,2,15-18,20-21H2,1H3/t27-/m0/s1. The van der Waals surface area contributed by atoms with E-state index < -0.39 is 0 Å². The van der Waals surface area contributed by atoms with Gasteiger partial charge in [0.15, 0.2) is 0 Å². The fourth-order valence-corrected chi connectivity index (χ4v) is 5.64. The molecule has 0 saturated carbocycles. The zero-order valence-corrected chi connectivity index (χ0v) is 22.6. The fourth-order valence-electron chi connectivity index (χ4n) is 5.64. The number of hydrogen-bond acceptors (Lipinski definition) is 5. The molecular formula is C32H33N3O5. The van der Waals surface area contributed by atoms with E-state index in [1.54, 1.807) is 19.1 Å². The van der Waals surface area contributed by atoms with Gasteiger partial charge in [-0.05, 0) is 42.5 Å². The van der Waals surface area contributed by atoms with Crippen molar-refractivity contribution in [3.63, 3.8) is 0 Å². The van der Waals surface area contributed by atoms with Crippen molar-refractivity contribution in [3.8, 4) is 0 Å². The number of aromatic nitrogens is 1. The minimum atomic E-state index is -0.381. The molecule has 1 fully saturated rings. The third-order valence-electron chi connectivity index (χ3n) is 7.73. The van der Waals surface area contributed by atoms with Gasteiger partial charge >= 0.3 is 5.97 Å². The summed E-state index contributed by atoms with van der Waals surface area (Å²) in [5.41, 5.74) is 3.87. The number of esters is 1. The van der Waals surface area contributed by atoms with Crippen LogP contribution in [0.25, 0.3) is 10.9 Å². The number of benzene rings is 3. The maximum absolute atomic E-state index is 13.7. The molecule has 0 bridgehead atoms. The van der Waals surface area contributed by atoms with Crippen molar-refractivity contribution in [1.82, 2.24) is 9.47 Å². The lowest BCUT2D eigenvalue weighted by atomic mass is 9.87. The van der Waals surface area contributed by atoms with E-state index in [0.29, 0.717) is 39.1 Å². The summed E-state index contributed by atoms with van der Waals surface area (Å²) < 4.78 is 7.28. The zero-order valence-electron chi connectivity index (χ0n) is 22.6. The van der Waals surface area contributed by atoms with E-state index in [1.165, 1.54) is 6.07 Å². The molecular weight excluding hydrogens is 506 g/mol. The van der Waals surface area contributed by atoms with Gasteiger partial charge in [-0.3, -0.25) is 19.7 Å². The van der Waals surface area contributed by atoms with Crippen LogP contribution >= 0.6 is 0 Å².